The Hall–Kier alpha value is -2.83. The van der Waals surface area contributed by atoms with Gasteiger partial charge in [0.1, 0.15) is 17.4 Å². The summed E-state index contributed by atoms with van der Waals surface area (Å²) in [5.74, 6) is -1.40. The van der Waals surface area contributed by atoms with Crippen molar-refractivity contribution in [3.63, 3.8) is 0 Å². The van der Waals surface area contributed by atoms with Crippen molar-refractivity contribution in [2.45, 2.75) is 65.0 Å². The Morgan fingerprint density at radius 2 is 1.90 bits per heavy atom. The molecule has 7 nitrogen and oxygen atoms in total. The Morgan fingerprint density at radius 1 is 1.21 bits per heavy atom. The number of amides is 1. The average Bonchev–Trinajstić information content (AvgIpc) is 2.71. The van der Waals surface area contributed by atoms with Gasteiger partial charge in [-0.15, -0.1) is 0 Å². The van der Waals surface area contributed by atoms with Crippen molar-refractivity contribution in [2.24, 2.45) is 5.92 Å². The number of carbonyl (C=O) groups is 2. The monoisotopic (exact) mass is 401 g/mol. The van der Waals surface area contributed by atoms with Crippen molar-refractivity contribution >= 4 is 22.8 Å². The first-order valence-corrected chi connectivity index (χ1v) is 10.1. The van der Waals surface area contributed by atoms with E-state index in [-0.39, 0.29) is 11.5 Å². The zero-order valence-electron chi connectivity index (χ0n) is 17.0. The largest absolute Gasteiger partial charge is 0.481 e. The van der Waals surface area contributed by atoms with Crippen LogP contribution in [-0.4, -0.2) is 29.1 Å². The van der Waals surface area contributed by atoms with E-state index in [1.54, 1.807) is 26.0 Å². The van der Waals surface area contributed by atoms with Gasteiger partial charge < -0.3 is 19.6 Å². The van der Waals surface area contributed by atoms with E-state index >= 15 is 0 Å². The Labute approximate surface area is 169 Å². The molecule has 2 N–H and O–H groups in total. The average molecular weight is 401 g/mol. The molecule has 0 saturated heterocycles. The zero-order chi connectivity index (χ0) is 21.1. The smallest absolute Gasteiger partial charge is 0.339 e. The summed E-state index contributed by atoms with van der Waals surface area (Å²) in [5, 5.41) is 12.8. The third-order valence-corrected chi connectivity index (χ3v) is 5.65. The van der Waals surface area contributed by atoms with Crippen molar-refractivity contribution in [1.29, 1.82) is 0 Å². The maximum atomic E-state index is 12.4. The summed E-state index contributed by atoms with van der Waals surface area (Å²) in [5.41, 5.74) is 1.92. The van der Waals surface area contributed by atoms with Gasteiger partial charge in [-0.3, -0.25) is 4.79 Å². The van der Waals surface area contributed by atoms with Crippen LogP contribution in [0.2, 0.25) is 0 Å². The third-order valence-electron chi connectivity index (χ3n) is 5.65. The minimum atomic E-state index is -1.07. The maximum Gasteiger partial charge on any atom is 0.339 e. The highest BCUT2D eigenvalue weighted by molar-refractivity contribution is 5.87. The number of ether oxygens (including phenoxy) is 1. The second-order valence-corrected chi connectivity index (χ2v) is 7.68. The molecule has 7 heteroatoms. The highest BCUT2D eigenvalue weighted by Gasteiger charge is 2.28. The first-order chi connectivity index (χ1) is 13.8. The van der Waals surface area contributed by atoms with E-state index in [0.717, 1.165) is 42.2 Å². The van der Waals surface area contributed by atoms with Crippen LogP contribution in [0, 0.1) is 5.92 Å². The Balaban J connectivity index is 1.78. The Bertz CT molecular complexity index is 979. The lowest BCUT2D eigenvalue weighted by atomic mass is 9.91. The minimum Gasteiger partial charge on any atom is -0.481 e. The van der Waals surface area contributed by atoms with Gasteiger partial charge in [0, 0.05) is 17.0 Å². The molecule has 156 valence electrons. The lowest BCUT2D eigenvalue weighted by Gasteiger charge is -2.22. The number of hydrogen-bond acceptors (Lipinski definition) is 5. The van der Waals surface area contributed by atoms with Gasteiger partial charge in [-0.05, 0) is 56.2 Å². The van der Waals surface area contributed by atoms with Gasteiger partial charge in [0.15, 0.2) is 6.10 Å². The number of carboxylic acid groups (broad SMARTS) is 1. The molecule has 0 fully saturated rings. The van der Waals surface area contributed by atoms with Crippen LogP contribution >= 0.6 is 0 Å². The van der Waals surface area contributed by atoms with Crippen molar-refractivity contribution < 1.29 is 23.8 Å². The molecule has 3 atom stereocenters. The molecule has 1 amide bonds. The number of hydrogen-bond donors (Lipinski definition) is 2. The SMILES string of the molecule is CC[C@@H](C)[C@H](NC(=O)C(C)Oc1ccc2c3c(c(=O)oc2c1)CCCC3)C(=O)O. The first kappa shape index (κ1) is 20.9. The van der Waals surface area contributed by atoms with E-state index in [1.165, 1.54) is 0 Å². The lowest BCUT2D eigenvalue weighted by Crippen LogP contribution is -2.49. The quantitative estimate of drug-likeness (QED) is 0.691. The van der Waals surface area contributed by atoms with Crippen LogP contribution in [0.1, 0.15) is 51.2 Å². The van der Waals surface area contributed by atoms with E-state index < -0.39 is 24.0 Å². The van der Waals surface area contributed by atoms with E-state index in [4.69, 9.17) is 9.15 Å². The molecule has 3 rings (SSSR count). The third kappa shape index (κ3) is 4.44. The van der Waals surface area contributed by atoms with Crippen LogP contribution in [0.3, 0.4) is 0 Å². The standard InChI is InChI=1S/C22H27NO6/c1-4-12(2)19(21(25)26)23-20(24)13(3)28-14-9-10-16-15-7-5-6-8-17(15)22(27)29-18(16)11-14/h9-13,19H,4-8H2,1-3H3,(H,23,24)(H,25,26)/t12-,13?,19+/m1/s1. The number of fused-ring (bicyclic) bond motifs is 3. The van der Waals surface area contributed by atoms with Crippen molar-refractivity contribution in [1.82, 2.24) is 5.32 Å². The fraction of sp³-hybridized carbons (Fsp3) is 0.500. The molecule has 0 radical (unpaired) electrons. The summed E-state index contributed by atoms with van der Waals surface area (Å²) in [4.78, 5) is 36.1. The van der Waals surface area contributed by atoms with Gasteiger partial charge in [0.25, 0.3) is 5.91 Å². The normalized spacial score (nSPS) is 16.5. The molecule has 1 heterocycles. The topological polar surface area (TPSA) is 106 Å². The molecule has 29 heavy (non-hydrogen) atoms. The minimum absolute atomic E-state index is 0.204. The second-order valence-electron chi connectivity index (χ2n) is 7.68. The van der Waals surface area contributed by atoms with Gasteiger partial charge in [-0.2, -0.15) is 0 Å². The number of carbonyl (C=O) groups excluding carboxylic acids is 1. The summed E-state index contributed by atoms with van der Waals surface area (Å²) in [7, 11) is 0. The van der Waals surface area contributed by atoms with Gasteiger partial charge in [0.2, 0.25) is 0 Å². The molecule has 1 unspecified atom stereocenters. The molecule has 0 saturated carbocycles. The number of aliphatic carboxylic acids is 1. The van der Waals surface area contributed by atoms with Gasteiger partial charge in [0.05, 0.1) is 0 Å². The predicted octanol–water partition coefficient (Wildman–Crippen LogP) is 3.05. The summed E-state index contributed by atoms with van der Waals surface area (Å²) in [6, 6.07) is 4.23. The molecule has 2 aromatic rings. The van der Waals surface area contributed by atoms with Crippen LogP contribution in [0.4, 0.5) is 0 Å². The lowest BCUT2D eigenvalue weighted by molar-refractivity contribution is -0.144. The second kappa shape index (κ2) is 8.68. The predicted molar refractivity (Wildman–Crippen MR) is 108 cm³/mol. The molecule has 1 aliphatic rings. The zero-order valence-corrected chi connectivity index (χ0v) is 17.0. The molecular weight excluding hydrogens is 374 g/mol. The van der Waals surface area contributed by atoms with Crippen LogP contribution < -0.4 is 15.7 Å². The molecule has 0 aliphatic heterocycles. The van der Waals surface area contributed by atoms with Crippen molar-refractivity contribution in [3.8, 4) is 5.75 Å². The summed E-state index contributed by atoms with van der Waals surface area (Å²) in [6.45, 7) is 5.20. The summed E-state index contributed by atoms with van der Waals surface area (Å²) < 4.78 is 11.2. The number of aryl methyl sites for hydroxylation is 1. The molecule has 0 spiro atoms. The molecule has 1 aromatic heterocycles. The Kier molecular flexibility index (Phi) is 6.25. The molecular formula is C22H27NO6. The van der Waals surface area contributed by atoms with Gasteiger partial charge in [-0.1, -0.05) is 20.3 Å². The number of rotatable bonds is 7. The van der Waals surface area contributed by atoms with E-state index in [1.807, 2.05) is 13.0 Å². The molecule has 1 aromatic carbocycles. The van der Waals surface area contributed by atoms with E-state index in [2.05, 4.69) is 5.32 Å². The van der Waals surface area contributed by atoms with Crippen LogP contribution in [0.5, 0.6) is 5.75 Å². The fourth-order valence-electron chi connectivity index (χ4n) is 3.71. The number of nitrogens with one attached hydrogen (secondary N) is 1. The summed E-state index contributed by atoms with van der Waals surface area (Å²) in [6.07, 6.45) is 3.35. The van der Waals surface area contributed by atoms with Crippen molar-refractivity contribution in [3.05, 3.63) is 39.7 Å². The van der Waals surface area contributed by atoms with Crippen LogP contribution in [0.25, 0.3) is 11.0 Å². The van der Waals surface area contributed by atoms with Gasteiger partial charge in [-0.25, -0.2) is 9.59 Å². The van der Waals surface area contributed by atoms with Crippen molar-refractivity contribution in [2.75, 3.05) is 0 Å². The summed E-state index contributed by atoms with van der Waals surface area (Å²) >= 11 is 0. The fourth-order valence-corrected chi connectivity index (χ4v) is 3.71. The highest BCUT2D eigenvalue weighted by Crippen LogP contribution is 2.29. The van der Waals surface area contributed by atoms with E-state index in [0.29, 0.717) is 17.8 Å². The molecule has 1 aliphatic carbocycles. The number of benzene rings is 1. The van der Waals surface area contributed by atoms with Crippen LogP contribution in [-0.2, 0) is 22.4 Å². The highest BCUT2D eigenvalue weighted by atomic mass is 16.5. The van der Waals surface area contributed by atoms with Gasteiger partial charge >= 0.3 is 11.6 Å². The maximum absolute atomic E-state index is 12.4. The Morgan fingerprint density at radius 3 is 2.55 bits per heavy atom. The van der Waals surface area contributed by atoms with Crippen LogP contribution in [0.15, 0.2) is 27.4 Å². The number of carboxylic acids is 1. The first-order valence-electron chi connectivity index (χ1n) is 10.1. The molecule has 0 bridgehead atoms. The van der Waals surface area contributed by atoms with E-state index in [9.17, 15) is 19.5 Å².